The SMILES string of the molecule is O[C@@H]1C[C@H]2[C@H](O)[C@H](O)CN2C1. The molecule has 0 aliphatic carbocycles. The molecule has 0 saturated carbocycles. The summed E-state index contributed by atoms with van der Waals surface area (Å²) in [6.45, 7) is 1.10. The van der Waals surface area contributed by atoms with Crippen LogP contribution in [0.4, 0.5) is 0 Å². The minimum absolute atomic E-state index is 0.0139. The Kier molecular flexibility index (Phi) is 1.64. The van der Waals surface area contributed by atoms with Crippen LogP contribution in [-0.2, 0) is 0 Å². The summed E-state index contributed by atoms with van der Waals surface area (Å²) in [5.41, 5.74) is 0. The molecular weight excluding hydrogens is 146 g/mol. The van der Waals surface area contributed by atoms with Crippen LogP contribution in [0.3, 0.4) is 0 Å². The van der Waals surface area contributed by atoms with Crippen LogP contribution in [0, 0.1) is 0 Å². The van der Waals surface area contributed by atoms with Crippen LogP contribution in [0.1, 0.15) is 6.42 Å². The molecule has 0 spiro atoms. The van der Waals surface area contributed by atoms with Crippen LogP contribution in [0.15, 0.2) is 0 Å². The first kappa shape index (κ1) is 7.49. The van der Waals surface area contributed by atoms with Gasteiger partial charge in [-0.05, 0) is 6.42 Å². The van der Waals surface area contributed by atoms with Crippen molar-refractivity contribution in [2.45, 2.75) is 30.8 Å². The number of hydrogen-bond donors (Lipinski definition) is 3. The van der Waals surface area contributed by atoms with Gasteiger partial charge in [-0.1, -0.05) is 0 Å². The fraction of sp³-hybridized carbons (Fsp3) is 1.00. The van der Waals surface area contributed by atoms with E-state index in [-0.39, 0.29) is 12.1 Å². The van der Waals surface area contributed by atoms with E-state index in [1.807, 2.05) is 4.90 Å². The van der Waals surface area contributed by atoms with Gasteiger partial charge < -0.3 is 15.3 Å². The zero-order valence-electron chi connectivity index (χ0n) is 6.22. The standard InChI is InChI=1S/C7H13NO3/c9-4-1-5-7(11)6(10)3-8(5)2-4/h4-7,9-11H,1-3H2/t4-,5+,6-,7+/m1/s1. The van der Waals surface area contributed by atoms with E-state index in [4.69, 9.17) is 0 Å². The molecule has 0 radical (unpaired) electrons. The highest BCUT2D eigenvalue weighted by atomic mass is 16.3. The summed E-state index contributed by atoms with van der Waals surface area (Å²) in [6, 6.07) is -0.0139. The maximum Gasteiger partial charge on any atom is 0.0967 e. The fourth-order valence-corrected chi connectivity index (χ4v) is 2.08. The van der Waals surface area contributed by atoms with E-state index in [1.165, 1.54) is 0 Å². The number of aliphatic hydroxyl groups is 3. The molecule has 2 rings (SSSR count). The second-order valence-corrected chi connectivity index (χ2v) is 3.47. The predicted octanol–water partition coefficient (Wildman–Crippen LogP) is -1.84. The molecule has 64 valence electrons. The van der Waals surface area contributed by atoms with Crippen molar-refractivity contribution >= 4 is 0 Å². The number of rotatable bonds is 0. The molecule has 0 aromatic rings. The van der Waals surface area contributed by atoms with Crippen molar-refractivity contribution in [3.63, 3.8) is 0 Å². The molecular formula is C7H13NO3. The third-order valence-corrected chi connectivity index (χ3v) is 2.64. The van der Waals surface area contributed by atoms with Gasteiger partial charge >= 0.3 is 0 Å². The lowest BCUT2D eigenvalue weighted by atomic mass is 10.1. The second-order valence-electron chi connectivity index (χ2n) is 3.47. The molecule has 4 nitrogen and oxygen atoms in total. The van der Waals surface area contributed by atoms with E-state index < -0.39 is 12.2 Å². The Morgan fingerprint density at radius 2 is 1.82 bits per heavy atom. The second kappa shape index (κ2) is 2.42. The van der Waals surface area contributed by atoms with E-state index in [2.05, 4.69) is 0 Å². The maximum atomic E-state index is 9.38. The van der Waals surface area contributed by atoms with E-state index in [0.717, 1.165) is 0 Å². The topological polar surface area (TPSA) is 63.9 Å². The number of hydrogen-bond acceptors (Lipinski definition) is 4. The first-order chi connectivity index (χ1) is 5.18. The van der Waals surface area contributed by atoms with Crippen molar-refractivity contribution in [1.29, 1.82) is 0 Å². The molecule has 3 N–H and O–H groups in total. The average molecular weight is 159 g/mol. The highest BCUT2D eigenvalue weighted by molar-refractivity contribution is 4.99. The summed E-state index contributed by atoms with van der Waals surface area (Å²) < 4.78 is 0. The minimum Gasteiger partial charge on any atom is -0.392 e. The molecule has 0 bridgehead atoms. The van der Waals surface area contributed by atoms with Gasteiger partial charge in [0.1, 0.15) is 0 Å². The van der Waals surface area contributed by atoms with Crippen molar-refractivity contribution in [3.8, 4) is 0 Å². The van der Waals surface area contributed by atoms with Gasteiger partial charge in [-0.2, -0.15) is 0 Å². The quantitative estimate of drug-likeness (QED) is 0.388. The summed E-state index contributed by atoms with van der Waals surface area (Å²) in [7, 11) is 0. The van der Waals surface area contributed by atoms with Gasteiger partial charge in [0.15, 0.2) is 0 Å². The van der Waals surface area contributed by atoms with Crippen molar-refractivity contribution < 1.29 is 15.3 Å². The Labute approximate surface area is 65.1 Å². The molecule has 4 atom stereocenters. The van der Waals surface area contributed by atoms with Crippen molar-refractivity contribution in [1.82, 2.24) is 4.90 Å². The normalized spacial score (nSPS) is 51.5. The smallest absolute Gasteiger partial charge is 0.0967 e. The lowest BCUT2D eigenvalue weighted by Gasteiger charge is -2.14. The first-order valence-corrected chi connectivity index (χ1v) is 3.96. The molecule has 2 heterocycles. The van der Waals surface area contributed by atoms with Gasteiger partial charge in [-0.15, -0.1) is 0 Å². The Morgan fingerprint density at radius 1 is 1.09 bits per heavy atom. The van der Waals surface area contributed by atoms with Crippen LogP contribution in [-0.4, -0.2) is 57.7 Å². The molecule has 0 unspecified atom stereocenters. The number of fused-ring (bicyclic) bond motifs is 1. The van der Waals surface area contributed by atoms with Crippen LogP contribution in [0.25, 0.3) is 0 Å². The van der Waals surface area contributed by atoms with E-state index >= 15 is 0 Å². The molecule has 2 fully saturated rings. The third kappa shape index (κ3) is 1.06. The highest BCUT2D eigenvalue weighted by Crippen LogP contribution is 2.28. The molecule has 0 aromatic carbocycles. The predicted molar refractivity (Wildman–Crippen MR) is 38.0 cm³/mol. The van der Waals surface area contributed by atoms with Crippen molar-refractivity contribution in [2.75, 3.05) is 13.1 Å². The third-order valence-electron chi connectivity index (χ3n) is 2.64. The van der Waals surface area contributed by atoms with Crippen LogP contribution in [0.2, 0.25) is 0 Å². The van der Waals surface area contributed by atoms with Crippen molar-refractivity contribution in [3.05, 3.63) is 0 Å². The lowest BCUT2D eigenvalue weighted by molar-refractivity contribution is 0.0343. The fourth-order valence-electron chi connectivity index (χ4n) is 2.08. The molecule has 0 amide bonds. The van der Waals surface area contributed by atoms with E-state index in [0.29, 0.717) is 19.5 Å². The Morgan fingerprint density at radius 3 is 2.45 bits per heavy atom. The van der Waals surface area contributed by atoms with Crippen LogP contribution in [0.5, 0.6) is 0 Å². The summed E-state index contributed by atoms with van der Waals surface area (Å²) in [5.74, 6) is 0. The molecule has 4 heteroatoms. The molecule has 2 saturated heterocycles. The minimum atomic E-state index is -0.660. The summed E-state index contributed by atoms with van der Waals surface area (Å²) in [4.78, 5) is 1.94. The van der Waals surface area contributed by atoms with Gasteiger partial charge in [0, 0.05) is 19.1 Å². The number of aliphatic hydroxyl groups excluding tert-OH is 3. The number of nitrogens with zero attached hydrogens (tertiary/aromatic N) is 1. The summed E-state index contributed by atoms with van der Waals surface area (Å²) in [5, 5.41) is 27.8. The lowest BCUT2D eigenvalue weighted by Crippen LogP contribution is -2.31. The van der Waals surface area contributed by atoms with Gasteiger partial charge in [0.2, 0.25) is 0 Å². The average Bonchev–Trinajstić information content (AvgIpc) is 2.37. The van der Waals surface area contributed by atoms with E-state index in [9.17, 15) is 15.3 Å². The van der Waals surface area contributed by atoms with Crippen molar-refractivity contribution in [2.24, 2.45) is 0 Å². The zero-order chi connectivity index (χ0) is 8.01. The monoisotopic (exact) mass is 159 g/mol. The first-order valence-electron chi connectivity index (χ1n) is 3.96. The zero-order valence-corrected chi connectivity index (χ0v) is 6.22. The highest BCUT2D eigenvalue weighted by Gasteiger charge is 2.45. The van der Waals surface area contributed by atoms with Gasteiger partial charge in [-0.3, -0.25) is 4.90 Å². The Bertz CT molecular complexity index is 164. The van der Waals surface area contributed by atoms with E-state index in [1.54, 1.807) is 0 Å². The van der Waals surface area contributed by atoms with Gasteiger partial charge in [0.25, 0.3) is 0 Å². The summed E-state index contributed by atoms with van der Waals surface area (Å²) in [6.07, 6.45) is -1.00. The Balaban J connectivity index is 2.07. The van der Waals surface area contributed by atoms with Gasteiger partial charge in [0.05, 0.1) is 18.3 Å². The largest absolute Gasteiger partial charge is 0.392 e. The van der Waals surface area contributed by atoms with Crippen LogP contribution < -0.4 is 0 Å². The molecule has 0 aromatic heterocycles. The molecule has 2 aliphatic rings. The maximum absolute atomic E-state index is 9.38. The van der Waals surface area contributed by atoms with Gasteiger partial charge in [-0.25, -0.2) is 0 Å². The summed E-state index contributed by atoms with van der Waals surface area (Å²) >= 11 is 0. The Hall–Kier alpha value is -0.160. The van der Waals surface area contributed by atoms with Crippen LogP contribution >= 0.6 is 0 Å². The molecule has 11 heavy (non-hydrogen) atoms. The molecule has 2 aliphatic heterocycles.